The average Bonchev–Trinajstić information content (AvgIpc) is 2.68. The number of hydrogen-bond donors (Lipinski definition) is 1. The molecule has 0 atom stereocenters. The number of amides is 1. The fraction of sp³-hybridized carbons (Fsp3) is 0.462. The molecule has 1 aliphatic rings. The van der Waals surface area contributed by atoms with Gasteiger partial charge in [-0.1, -0.05) is 15.9 Å². The summed E-state index contributed by atoms with van der Waals surface area (Å²) in [7, 11) is -3.58. The Morgan fingerprint density at radius 2 is 1.95 bits per heavy atom. The van der Waals surface area contributed by atoms with Crippen molar-refractivity contribution in [3.8, 4) is 0 Å². The highest BCUT2D eigenvalue weighted by Crippen LogP contribution is 2.23. The minimum Gasteiger partial charge on any atom is -0.465 e. The Balaban J connectivity index is 2.23. The van der Waals surface area contributed by atoms with Gasteiger partial charge in [-0.05, 0) is 37.1 Å². The zero-order valence-electron chi connectivity index (χ0n) is 11.6. The molecule has 1 heterocycles. The lowest BCUT2D eigenvalue weighted by molar-refractivity contribution is 0.147. The highest BCUT2D eigenvalue weighted by atomic mass is 79.9. The van der Waals surface area contributed by atoms with Gasteiger partial charge in [-0.2, -0.15) is 4.31 Å². The smallest absolute Gasteiger partial charge is 0.407 e. The number of hydrogen-bond acceptors (Lipinski definition) is 3. The van der Waals surface area contributed by atoms with Gasteiger partial charge < -0.3 is 10.0 Å². The van der Waals surface area contributed by atoms with Crippen LogP contribution in [0, 0.1) is 6.92 Å². The standard InChI is InChI=1S/C13H17BrN2O4S/c1-10-9-11(3-4-12(10)14)21(19,20)16-6-2-5-15(7-8-16)13(17)18/h3-4,9H,2,5-8H2,1H3,(H,17,18). The average molecular weight is 377 g/mol. The predicted molar refractivity (Wildman–Crippen MR) is 81.9 cm³/mol. The summed E-state index contributed by atoms with van der Waals surface area (Å²) in [5.41, 5.74) is 0.845. The van der Waals surface area contributed by atoms with Crippen LogP contribution in [0.25, 0.3) is 0 Å². The van der Waals surface area contributed by atoms with Gasteiger partial charge in [0, 0.05) is 30.7 Å². The van der Waals surface area contributed by atoms with E-state index in [-0.39, 0.29) is 18.0 Å². The third kappa shape index (κ3) is 3.56. The van der Waals surface area contributed by atoms with E-state index in [4.69, 9.17) is 5.11 Å². The highest BCUT2D eigenvalue weighted by molar-refractivity contribution is 9.10. The van der Waals surface area contributed by atoms with E-state index in [0.717, 1.165) is 10.0 Å². The van der Waals surface area contributed by atoms with Crippen molar-refractivity contribution in [3.05, 3.63) is 28.2 Å². The van der Waals surface area contributed by atoms with E-state index in [1.807, 2.05) is 6.92 Å². The van der Waals surface area contributed by atoms with Crippen LogP contribution in [0.3, 0.4) is 0 Å². The fourth-order valence-corrected chi connectivity index (χ4v) is 4.05. The van der Waals surface area contributed by atoms with Crippen LogP contribution in [0.4, 0.5) is 4.79 Å². The minimum atomic E-state index is -3.58. The van der Waals surface area contributed by atoms with Gasteiger partial charge in [0.05, 0.1) is 4.90 Å². The first kappa shape index (κ1) is 16.3. The molecular weight excluding hydrogens is 360 g/mol. The SMILES string of the molecule is Cc1cc(S(=O)(=O)N2CCCN(C(=O)O)CC2)ccc1Br. The van der Waals surface area contributed by atoms with Gasteiger partial charge in [0.2, 0.25) is 10.0 Å². The Morgan fingerprint density at radius 1 is 1.24 bits per heavy atom. The summed E-state index contributed by atoms with van der Waals surface area (Å²) in [6, 6.07) is 4.90. The van der Waals surface area contributed by atoms with Crippen molar-refractivity contribution in [3.63, 3.8) is 0 Å². The number of carboxylic acid groups (broad SMARTS) is 1. The Kier molecular flexibility index (Phi) is 4.90. The first-order chi connectivity index (χ1) is 9.82. The molecule has 6 nitrogen and oxygen atoms in total. The summed E-state index contributed by atoms with van der Waals surface area (Å²) in [4.78, 5) is 12.5. The lowest BCUT2D eigenvalue weighted by Gasteiger charge is -2.20. The van der Waals surface area contributed by atoms with E-state index in [1.54, 1.807) is 18.2 Å². The number of carbonyl (C=O) groups is 1. The molecule has 2 rings (SSSR count). The number of aryl methyl sites for hydroxylation is 1. The second-order valence-corrected chi connectivity index (χ2v) is 7.73. The van der Waals surface area contributed by atoms with E-state index >= 15 is 0 Å². The van der Waals surface area contributed by atoms with Gasteiger partial charge in [0.25, 0.3) is 0 Å². The quantitative estimate of drug-likeness (QED) is 0.857. The molecule has 1 aromatic rings. The molecular formula is C13H17BrN2O4S. The van der Waals surface area contributed by atoms with Crippen molar-refractivity contribution < 1.29 is 18.3 Å². The summed E-state index contributed by atoms with van der Waals surface area (Å²) < 4.78 is 27.5. The maximum absolute atomic E-state index is 12.6. The third-order valence-electron chi connectivity index (χ3n) is 3.49. The second-order valence-electron chi connectivity index (χ2n) is 4.94. The molecule has 1 aromatic carbocycles. The first-order valence-electron chi connectivity index (χ1n) is 6.56. The van der Waals surface area contributed by atoms with Gasteiger partial charge in [-0.25, -0.2) is 13.2 Å². The molecule has 21 heavy (non-hydrogen) atoms. The topological polar surface area (TPSA) is 77.9 Å². The maximum atomic E-state index is 12.6. The van der Waals surface area contributed by atoms with Crippen LogP contribution in [0.1, 0.15) is 12.0 Å². The van der Waals surface area contributed by atoms with Crippen LogP contribution in [-0.4, -0.2) is 55.0 Å². The van der Waals surface area contributed by atoms with E-state index < -0.39 is 16.1 Å². The number of benzene rings is 1. The summed E-state index contributed by atoms with van der Waals surface area (Å²) in [6.07, 6.45) is -0.505. The van der Waals surface area contributed by atoms with Crippen LogP contribution >= 0.6 is 15.9 Å². The van der Waals surface area contributed by atoms with Crippen LogP contribution < -0.4 is 0 Å². The van der Waals surface area contributed by atoms with Gasteiger partial charge in [-0.3, -0.25) is 0 Å². The van der Waals surface area contributed by atoms with Crippen LogP contribution in [0.2, 0.25) is 0 Å². The Morgan fingerprint density at radius 3 is 2.57 bits per heavy atom. The fourth-order valence-electron chi connectivity index (χ4n) is 2.25. The molecule has 0 bridgehead atoms. The normalized spacial score (nSPS) is 17.5. The predicted octanol–water partition coefficient (Wildman–Crippen LogP) is 2.13. The molecule has 1 amide bonds. The molecule has 0 aliphatic carbocycles. The van der Waals surface area contributed by atoms with Crippen molar-refractivity contribution in [1.29, 1.82) is 0 Å². The highest BCUT2D eigenvalue weighted by Gasteiger charge is 2.28. The van der Waals surface area contributed by atoms with Crippen molar-refractivity contribution in [2.75, 3.05) is 26.2 Å². The van der Waals surface area contributed by atoms with Gasteiger partial charge in [0.15, 0.2) is 0 Å². The van der Waals surface area contributed by atoms with Crippen molar-refractivity contribution in [2.45, 2.75) is 18.2 Å². The maximum Gasteiger partial charge on any atom is 0.407 e. The number of sulfonamides is 1. The summed E-state index contributed by atoms with van der Waals surface area (Å²) in [5.74, 6) is 0. The third-order valence-corrected chi connectivity index (χ3v) is 6.28. The van der Waals surface area contributed by atoms with Crippen LogP contribution in [-0.2, 0) is 10.0 Å². The molecule has 1 N–H and O–H groups in total. The number of nitrogens with zero attached hydrogens (tertiary/aromatic N) is 2. The Labute approximate surface area is 132 Å². The number of rotatable bonds is 2. The zero-order chi connectivity index (χ0) is 15.6. The second kappa shape index (κ2) is 6.33. The van der Waals surface area contributed by atoms with E-state index in [2.05, 4.69) is 15.9 Å². The molecule has 0 saturated carbocycles. The van der Waals surface area contributed by atoms with Crippen LogP contribution in [0.5, 0.6) is 0 Å². The molecule has 0 unspecified atom stereocenters. The lowest BCUT2D eigenvalue weighted by Crippen LogP contribution is -2.36. The molecule has 8 heteroatoms. The molecule has 0 aromatic heterocycles. The monoisotopic (exact) mass is 376 g/mol. The van der Waals surface area contributed by atoms with Gasteiger partial charge in [-0.15, -0.1) is 0 Å². The zero-order valence-corrected chi connectivity index (χ0v) is 14.0. The minimum absolute atomic E-state index is 0.184. The molecule has 1 fully saturated rings. The van der Waals surface area contributed by atoms with Crippen molar-refractivity contribution in [2.24, 2.45) is 0 Å². The van der Waals surface area contributed by atoms with Crippen molar-refractivity contribution >= 4 is 32.0 Å². The molecule has 1 aliphatic heterocycles. The van der Waals surface area contributed by atoms with Crippen LogP contribution in [0.15, 0.2) is 27.6 Å². The van der Waals surface area contributed by atoms with Gasteiger partial charge in [0.1, 0.15) is 0 Å². The molecule has 0 radical (unpaired) electrons. The Bertz CT molecular complexity index is 648. The molecule has 1 saturated heterocycles. The Hall–Kier alpha value is -1.12. The molecule has 116 valence electrons. The van der Waals surface area contributed by atoms with Gasteiger partial charge >= 0.3 is 6.09 Å². The summed E-state index contributed by atoms with van der Waals surface area (Å²) in [5, 5.41) is 8.99. The molecule has 0 spiro atoms. The first-order valence-corrected chi connectivity index (χ1v) is 8.80. The largest absolute Gasteiger partial charge is 0.465 e. The summed E-state index contributed by atoms with van der Waals surface area (Å²) >= 11 is 3.35. The lowest BCUT2D eigenvalue weighted by atomic mass is 10.2. The number of halogens is 1. The van der Waals surface area contributed by atoms with Crippen molar-refractivity contribution in [1.82, 2.24) is 9.21 Å². The van der Waals surface area contributed by atoms with E-state index in [1.165, 1.54) is 9.21 Å². The van der Waals surface area contributed by atoms with E-state index in [9.17, 15) is 13.2 Å². The van der Waals surface area contributed by atoms with E-state index in [0.29, 0.717) is 19.5 Å². The summed E-state index contributed by atoms with van der Waals surface area (Å²) in [6.45, 7) is 2.91.